The van der Waals surface area contributed by atoms with Crippen LogP contribution in [0.1, 0.15) is 19.3 Å². The van der Waals surface area contributed by atoms with Gasteiger partial charge in [0, 0.05) is 39.3 Å². The number of rotatable bonds is 5. The van der Waals surface area contributed by atoms with Gasteiger partial charge in [-0.2, -0.15) is 0 Å². The van der Waals surface area contributed by atoms with Crippen molar-refractivity contribution in [3.63, 3.8) is 0 Å². The maximum Gasteiger partial charge on any atom is 0.288 e. The predicted octanol–water partition coefficient (Wildman–Crippen LogP) is 3.11. The number of halogens is 1. The number of benzene rings is 1. The van der Waals surface area contributed by atoms with Crippen molar-refractivity contribution in [1.29, 1.82) is 0 Å². The van der Waals surface area contributed by atoms with Crippen LogP contribution in [0.25, 0.3) is 11.5 Å². The lowest BCUT2D eigenvalue weighted by Gasteiger charge is -2.35. The van der Waals surface area contributed by atoms with Crippen LogP contribution in [0.4, 0.5) is 0 Å². The molecular weight excluding hydrogens is 410 g/mol. The monoisotopic (exact) mass is 435 g/mol. The van der Waals surface area contributed by atoms with E-state index in [9.17, 15) is 4.79 Å². The fourth-order valence-corrected chi connectivity index (χ4v) is 4.25. The zero-order valence-electron chi connectivity index (χ0n) is 16.4. The van der Waals surface area contributed by atoms with E-state index in [1.54, 1.807) is 10.7 Å². The van der Waals surface area contributed by atoms with Crippen molar-refractivity contribution in [1.82, 2.24) is 24.5 Å². The topological polar surface area (TPSA) is 57.8 Å². The van der Waals surface area contributed by atoms with E-state index in [4.69, 9.17) is 28.2 Å². The first-order valence-corrected chi connectivity index (χ1v) is 10.9. The quantitative estimate of drug-likeness (QED) is 0.672. The summed E-state index contributed by atoms with van der Waals surface area (Å²) >= 11 is 11.6. The van der Waals surface area contributed by atoms with Crippen LogP contribution in [0.3, 0.4) is 0 Å². The van der Waals surface area contributed by atoms with E-state index < -0.39 is 0 Å². The molecule has 2 saturated heterocycles. The molecule has 2 aromatic rings. The van der Waals surface area contributed by atoms with Gasteiger partial charge >= 0.3 is 0 Å². The SMILES string of the molecule is O=C(CN1CCN(Cn2nc(-c3ccccc3Cl)oc2=S)CC1)N1CCCCC1. The molecule has 9 heteroatoms. The maximum absolute atomic E-state index is 12.5. The summed E-state index contributed by atoms with van der Waals surface area (Å²) in [5, 5.41) is 5.09. The van der Waals surface area contributed by atoms with Crippen molar-refractivity contribution in [3.05, 3.63) is 34.1 Å². The standard InChI is InChI=1S/C20H26ClN5O2S/c21-17-7-3-2-6-16(17)19-22-26(20(29)28-19)15-24-12-10-23(11-13-24)14-18(27)25-8-4-1-5-9-25/h2-3,6-7H,1,4-5,8-15H2. The normalized spacial score (nSPS) is 18.9. The zero-order valence-corrected chi connectivity index (χ0v) is 18.0. The summed E-state index contributed by atoms with van der Waals surface area (Å²) in [5.74, 6) is 0.701. The summed E-state index contributed by atoms with van der Waals surface area (Å²) in [6, 6.07) is 7.43. The van der Waals surface area contributed by atoms with Gasteiger partial charge in [-0.3, -0.25) is 14.6 Å². The van der Waals surface area contributed by atoms with Crippen LogP contribution in [0.5, 0.6) is 0 Å². The fraction of sp³-hybridized carbons (Fsp3) is 0.550. The smallest absolute Gasteiger partial charge is 0.288 e. The Hall–Kier alpha value is -1.74. The van der Waals surface area contributed by atoms with E-state index >= 15 is 0 Å². The molecular formula is C20H26ClN5O2S. The molecule has 1 aromatic carbocycles. The van der Waals surface area contributed by atoms with Crippen molar-refractivity contribution >= 4 is 29.7 Å². The summed E-state index contributed by atoms with van der Waals surface area (Å²) in [5.41, 5.74) is 0.736. The molecule has 2 fully saturated rings. The highest BCUT2D eigenvalue weighted by Gasteiger charge is 2.23. The Bertz CT molecular complexity index is 900. The van der Waals surface area contributed by atoms with Crippen molar-refractivity contribution < 1.29 is 9.21 Å². The Morgan fingerprint density at radius 3 is 2.45 bits per heavy atom. The lowest BCUT2D eigenvalue weighted by molar-refractivity contribution is -0.133. The summed E-state index contributed by atoms with van der Waals surface area (Å²) in [7, 11) is 0. The number of carbonyl (C=O) groups is 1. The van der Waals surface area contributed by atoms with E-state index in [1.807, 2.05) is 23.1 Å². The summed E-state index contributed by atoms with van der Waals surface area (Å²) in [4.78, 5) is 19.3. The molecule has 0 spiro atoms. The number of piperazine rings is 1. The number of aromatic nitrogens is 2. The summed E-state index contributed by atoms with van der Waals surface area (Å²) in [6.45, 7) is 6.37. The number of carbonyl (C=O) groups excluding carboxylic acids is 1. The Morgan fingerprint density at radius 1 is 1.03 bits per heavy atom. The van der Waals surface area contributed by atoms with Gasteiger partial charge in [-0.15, -0.1) is 5.10 Å². The van der Waals surface area contributed by atoms with Gasteiger partial charge in [0.2, 0.25) is 11.8 Å². The highest BCUT2D eigenvalue weighted by Crippen LogP contribution is 2.26. The summed E-state index contributed by atoms with van der Waals surface area (Å²) < 4.78 is 7.36. The molecule has 1 aromatic heterocycles. The first-order chi connectivity index (χ1) is 14.1. The largest absolute Gasteiger partial charge is 0.409 e. The molecule has 7 nitrogen and oxygen atoms in total. The van der Waals surface area contributed by atoms with Crippen molar-refractivity contribution in [2.45, 2.75) is 25.9 Å². The highest BCUT2D eigenvalue weighted by molar-refractivity contribution is 7.71. The molecule has 0 atom stereocenters. The average molecular weight is 436 g/mol. The second-order valence-electron chi connectivity index (χ2n) is 7.63. The number of amides is 1. The summed E-state index contributed by atoms with van der Waals surface area (Å²) in [6.07, 6.45) is 3.51. The Labute approximate surface area is 180 Å². The van der Waals surface area contributed by atoms with Gasteiger partial charge in [0.05, 0.1) is 23.8 Å². The molecule has 156 valence electrons. The van der Waals surface area contributed by atoms with E-state index in [1.165, 1.54) is 6.42 Å². The van der Waals surface area contributed by atoms with Crippen molar-refractivity contribution in [2.75, 3.05) is 45.8 Å². The van der Waals surface area contributed by atoms with Crippen LogP contribution in [0.15, 0.2) is 28.7 Å². The predicted molar refractivity (Wildman–Crippen MR) is 114 cm³/mol. The van der Waals surface area contributed by atoms with Crippen LogP contribution >= 0.6 is 23.8 Å². The minimum absolute atomic E-state index is 0.265. The molecule has 3 heterocycles. The minimum Gasteiger partial charge on any atom is -0.409 e. The lowest BCUT2D eigenvalue weighted by Crippen LogP contribution is -2.50. The average Bonchev–Trinajstić information content (AvgIpc) is 3.10. The van der Waals surface area contributed by atoms with E-state index in [0.717, 1.165) is 57.7 Å². The van der Waals surface area contributed by atoms with Gasteiger partial charge in [0.25, 0.3) is 4.84 Å². The molecule has 0 radical (unpaired) electrons. The van der Waals surface area contributed by atoms with Gasteiger partial charge in [0.15, 0.2) is 0 Å². The Balaban J connectivity index is 1.30. The molecule has 2 aliphatic rings. The van der Waals surface area contributed by atoms with Gasteiger partial charge in [-0.05, 0) is 43.6 Å². The second kappa shape index (κ2) is 9.38. The number of hydrogen-bond donors (Lipinski definition) is 0. The lowest BCUT2D eigenvalue weighted by atomic mass is 10.1. The van der Waals surface area contributed by atoms with Gasteiger partial charge in [-0.1, -0.05) is 23.7 Å². The second-order valence-corrected chi connectivity index (χ2v) is 8.39. The van der Waals surface area contributed by atoms with Crippen molar-refractivity contribution in [2.24, 2.45) is 0 Å². The number of nitrogens with zero attached hydrogens (tertiary/aromatic N) is 5. The number of piperidine rings is 1. The van der Waals surface area contributed by atoms with Crippen LogP contribution in [-0.2, 0) is 11.5 Å². The molecule has 0 bridgehead atoms. The molecule has 29 heavy (non-hydrogen) atoms. The van der Waals surface area contributed by atoms with E-state index in [-0.39, 0.29) is 5.91 Å². The van der Waals surface area contributed by atoms with Crippen LogP contribution < -0.4 is 0 Å². The molecule has 1 amide bonds. The van der Waals surface area contributed by atoms with Gasteiger partial charge in [-0.25, -0.2) is 4.68 Å². The molecule has 2 aliphatic heterocycles. The molecule has 0 unspecified atom stereocenters. The molecule has 4 rings (SSSR count). The third-order valence-electron chi connectivity index (χ3n) is 5.58. The number of hydrogen-bond acceptors (Lipinski definition) is 6. The zero-order chi connectivity index (χ0) is 20.2. The first-order valence-electron chi connectivity index (χ1n) is 10.2. The highest BCUT2D eigenvalue weighted by atomic mass is 35.5. The first kappa shape index (κ1) is 20.5. The van der Waals surface area contributed by atoms with E-state index in [2.05, 4.69) is 14.9 Å². The third kappa shape index (κ3) is 5.06. The van der Waals surface area contributed by atoms with Crippen LogP contribution in [0, 0.1) is 4.84 Å². The fourth-order valence-electron chi connectivity index (χ4n) is 3.85. The molecule has 0 saturated carbocycles. The molecule has 0 aliphatic carbocycles. The van der Waals surface area contributed by atoms with Crippen LogP contribution in [-0.4, -0.2) is 76.2 Å². The Kier molecular flexibility index (Phi) is 6.64. The van der Waals surface area contributed by atoms with Crippen LogP contribution in [0.2, 0.25) is 5.02 Å². The number of likely N-dealkylation sites (tertiary alicyclic amines) is 1. The minimum atomic E-state index is 0.265. The van der Waals surface area contributed by atoms with Crippen molar-refractivity contribution in [3.8, 4) is 11.5 Å². The van der Waals surface area contributed by atoms with Gasteiger partial charge < -0.3 is 9.32 Å². The maximum atomic E-state index is 12.5. The van der Waals surface area contributed by atoms with E-state index in [0.29, 0.717) is 29.0 Å². The third-order valence-corrected chi connectivity index (χ3v) is 6.20. The van der Waals surface area contributed by atoms with Gasteiger partial charge in [0.1, 0.15) is 0 Å². The molecule has 0 N–H and O–H groups in total. The Morgan fingerprint density at radius 2 is 1.72 bits per heavy atom.